The van der Waals surface area contributed by atoms with E-state index in [4.69, 9.17) is 11.0 Å². The number of nitrogens with zero attached hydrogens (tertiary/aromatic N) is 1. The van der Waals surface area contributed by atoms with E-state index < -0.39 is 11.9 Å². The number of rotatable bonds is 2. The van der Waals surface area contributed by atoms with E-state index in [0.29, 0.717) is 5.69 Å². The lowest BCUT2D eigenvalue weighted by Crippen LogP contribution is -2.32. The highest BCUT2D eigenvalue weighted by molar-refractivity contribution is 5.94. The summed E-state index contributed by atoms with van der Waals surface area (Å²) in [5.74, 6) is -0.998. The standard InChI is InChI=1S/C10H10FN3O/c1-6(13)10(15)14-8-2-3-9(11)7(4-8)5-12/h2-4,6H,13H2,1H3,(H,14,15)/t6-/m1/s1. The predicted molar refractivity (Wildman–Crippen MR) is 53.4 cm³/mol. The molecule has 78 valence electrons. The van der Waals surface area contributed by atoms with Gasteiger partial charge in [-0.05, 0) is 25.1 Å². The van der Waals surface area contributed by atoms with Crippen molar-refractivity contribution in [1.82, 2.24) is 0 Å². The van der Waals surface area contributed by atoms with Crippen LogP contribution in [0, 0.1) is 17.1 Å². The van der Waals surface area contributed by atoms with Gasteiger partial charge in [0, 0.05) is 5.69 Å². The summed E-state index contributed by atoms with van der Waals surface area (Å²) in [5, 5.41) is 11.0. The lowest BCUT2D eigenvalue weighted by molar-refractivity contribution is -0.117. The average molecular weight is 207 g/mol. The molecular weight excluding hydrogens is 197 g/mol. The van der Waals surface area contributed by atoms with Crippen LogP contribution in [0.1, 0.15) is 12.5 Å². The number of hydrogen-bond acceptors (Lipinski definition) is 3. The van der Waals surface area contributed by atoms with Crippen LogP contribution in [-0.4, -0.2) is 11.9 Å². The molecule has 0 aliphatic carbocycles. The Hall–Kier alpha value is -1.93. The van der Waals surface area contributed by atoms with Crippen LogP contribution in [0.5, 0.6) is 0 Å². The van der Waals surface area contributed by atoms with Crippen LogP contribution < -0.4 is 11.1 Å². The summed E-state index contributed by atoms with van der Waals surface area (Å²) in [5.41, 5.74) is 5.58. The van der Waals surface area contributed by atoms with Crippen molar-refractivity contribution in [2.75, 3.05) is 5.32 Å². The largest absolute Gasteiger partial charge is 0.325 e. The number of nitrogens with one attached hydrogen (secondary N) is 1. The first-order valence-corrected chi connectivity index (χ1v) is 4.30. The second-order valence-corrected chi connectivity index (χ2v) is 3.08. The van der Waals surface area contributed by atoms with Crippen molar-refractivity contribution in [3.63, 3.8) is 0 Å². The minimum Gasteiger partial charge on any atom is -0.325 e. The molecule has 0 bridgehead atoms. The minimum atomic E-state index is -0.652. The van der Waals surface area contributed by atoms with E-state index in [1.165, 1.54) is 19.1 Å². The third-order valence-corrected chi connectivity index (χ3v) is 1.77. The molecule has 0 fully saturated rings. The molecule has 0 radical (unpaired) electrons. The topological polar surface area (TPSA) is 78.9 Å². The molecule has 3 N–H and O–H groups in total. The minimum absolute atomic E-state index is 0.113. The van der Waals surface area contributed by atoms with Crippen LogP contribution in [-0.2, 0) is 4.79 Å². The van der Waals surface area contributed by atoms with Crippen molar-refractivity contribution in [3.05, 3.63) is 29.6 Å². The molecule has 0 aliphatic heterocycles. The number of benzene rings is 1. The molecular formula is C10H10FN3O. The third kappa shape index (κ3) is 2.76. The summed E-state index contributed by atoms with van der Waals surface area (Å²) in [6.45, 7) is 1.53. The molecule has 0 heterocycles. The summed E-state index contributed by atoms with van der Waals surface area (Å²) in [6.07, 6.45) is 0. The quantitative estimate of drug-likeness (QED) is 0.758. The zero-order valence-corrected chi connectivity index (χ0v) is 8.12. The van der Waals surface area contributed by atoms with Crippen molar-refractivity contribution >= 4 is 11.6 Å². The molecule has 5 heteroatoms. The van der Waals surface area contributed by atoms with E-state index in [2.05, 4.69) is 5.32 Å². The Kier molecular flexibility index (Phi) is 3.37. The molecule has 0 spiro atoms. The van der Waals surface area contributed by atoms with Gasteiger partial charge in [-0.15, -0.1) is 0 Å². The van der Waals surface area contributed by atoms with Crippen LogP contribution in [0.4, 0.5) is 10.1 Å². The number of halogens is 1. The smallest absolute Gasteiger partial charge is 0.240 e. The van der Waals surface area contributed by atoms with Crippen molar-refractivity contribution in [1.29, 1.82) is 5.26 Å². The van der Waals surface area contributed by atoms with Gasteiger partial charge < -0.3 is 11.1 Å². The summed E-state index contributed by atoms with van der Waals surface area (Å²) < 4.78 is 12.9. The maximum Gasteiger partial charge on any atom is 0.240 e. The fourth-order valence-electron chi connectivity index (χ4n) is 0.945. The Bertz CT molecular complexity index is 423. The van der Waals surface area contributed by atoms with E-state index in [1.54, 1.807) is 6.07 Å². The van der Waals surface area contributed by atoms with Gasteiger partial charge in [-0.3, -0.25) is 4.79 Å². The van der Waals surface area contributed by atoms with Crippen molar-refractivity contribution < 1.29 is 9.18 Å². The van der Waals surface area contributed by atoms with Gasteiger partial charge in [0.15, 0.2) is 0 Å². The highest BCUT2D eigenvalue weighted by atomic mass is 19.1. The summed E-state index contributed by atoms with van der Waals surface area (Å²) in [7, 11) is 0. The molecule has 1 amide bonds. The van der Waals surface area contributed by atoms with E-state index in [1.807, 2.05) is 0 Å². The lowest BCUT2D eigenvalue weighted by Gasteiger charge is -2.07. The molecule has 0 saturated carbocycles. The van der Waals surface area contributed by atoms with Gasteiger partial charge in [-0.25, -0.2) is 4.39 Å². The van der Waals surface area contributed by atoms with E-state index in [-0.39, 0.29) is 11.5 Å². The number of anilines is 1. The number of nitriles is 1. The summed E-state index contributed by atoms with van der Waals surface area (Å²) >= 11 is 0. The predicted octanol–water partition coefficient (Wildman–Crippen LogP) is 0.983. The maximum absolute atomic E-state index is 12.9. The van der Waals surface area contributed by atoms with E-state index >= 15 is 0 Å². The number of hydrogen-bond donors (Lipinski definition) is 2. The summed E-state index contributed by atoms with van der Waals surface area (Å²) in [6, 6.07) is 4.78. The first-order valence-electron chi connectivity index (χ1n) is 4.30. The van der Waals surface area contributed by atoms with Crippen molar-refractivity contribution in [2.24, 2.45) is 5.73 Å². The SMILES string of the molecule is C[C@@H](N)C(=O)Nc1ccc(F)c(C#N)c1. The average Bonchev–Trinajstić information content (AvgIpc) is 2.20. The molecule has 1 rings (SSSR count). The Balaban J connectivity index is 2.89. The number of amides is 1. The third-order valence-electron chi connectivity index (χ3n) is 1.77. The molecule has 1 aromatic rings. The Morgan fingerprint density at radius 3 is 2.87 bits per heavy atom. The Morgan fingerprint density at radius 2 is 2.33 bits per heavy atom. The van der Waals surface area contributed by atoms with Gasteiger partial charge in [-0.1, -0.05) is 0 Å². The van der Waals surface area contributed by atoms with Crippen LogP contribution in [0.15, 0.2) is 18.2 Å². The fraction of sp³-hybridized carbons (Fsp3) is 0.200. The monoisotopic (exact) mass is 207 g/mol. The van der Waals surface area contributed by atoms with Gasteiger partial charge in [0.1, 0.15) is 11.9 Å². The van der Waals surface area contributed by atoms with Crippen LogP contribution in [0.3, 0.4) is 0 Å². The van der Waals surface area contributed by atoms with Gasteiger partial charge in [-0.2, -0.15) is 5.26 Å². The van der Waals surface area contributed by atoms with E-state index in [0.717, 1.165) is 6.07 Å². The zero-order chi connectivity index (χ0) is 11.4. The molecule has 4 nitrogen and oxygen atoms in total. The highest BCUT2D eigenvalue weighted by Crippen LogP contribution is 2.13. The highest BCUT2D eigenvalue weighted by Gasteiger charge is 2.09. The zero-order valence-electron chi connectivity index (χ0n) is 8.12. The molecule has 15 heavy (non-hydrogen) atoms. The molecule has 0 unspecified atom stereocenters. The number of nitrogens with two attached hydrogens (primary N) is 1. The second-order valence-electron chi connectivity index (χ2n) is 3.08. The summed E-state index contributed by atoms with van der Waals surface area (Å²) in [4.78, 5) is 11.2. The van der Waals surface area contributed by atoms with Crippen LogP contribution in [0.2, 0.25) is 0 Å². The second kappa shape index (κ2) is 4.53. The maximum atomic E-state index is 12.9. The van der Waals surface area contributed by atoms with Gasteiger partial charge in [0.25, 0.3) is 0 Å². The molecule has 0 aliphatic rings. The van der Waals surface area contributed by atoms with Crippen molar-refractivity contribution in [3.8, 4) is 6.07 Å². The van der Waals surface area contributed by atoms with Gasteiger partial charge in [0.05, 0.1) is 11.6 Å². The van der Waals surface area contributed by atoms with Crippen LogP contribution >= 0.6 is 0 Å². The van der Waals surface area contributed by atoms with Crippen molar-refractivity contribution in [2.45, 2.75) is 13.0 Å². The number of carbonyl (C=O) groups is 1. The molecule has 0 aromatic heterocycles. The Labute approximate surface area is 86.5 Å². The fourth-order valence-corrected chi connectivity index (χ4v) is 0.945. The Morgan fingerprint density at radius 1 is 1.67 bits per heavy atom. The first kappa shape index (κ1) is 11.1. The van der Waals surface area contributed by atoms with Gasteiger partial charge in [0.2, 0.25) is 5.91 Å². The van der Waals surface area contributed by atoms with Crippen LogP contribution in [0.25, 0.3) is 0 Å². The molecule has 1 atom stereocenters. The first-order chi connectivity index (χ1) is 7.04. The normalized spacial score (nSPS) is 11.6. The molecule has 0 saturated heterocycles. The number of carbonyl (C=O) groups excluding carboxylic acids is 1. The van der Waals surface area contributed by atoms with E-state index in [9.17, 15) is 9.18 Å². The lowest BCUT2D eigenvalue weighted by atomic mass is 10.2. The van der Waals surface area contributed by atoms with Gasteiger partial charge >= 0.3 is 0 Å². The molecule has 1 aromatic carbocycles.